The van der Waals surface area contributed by atoms with Crippen molar-refractivity contribution >= 4 is 7.82 Å². The maximum absolute atomic E-state index is 11.6. The third kappa shape index (κ3) is 4.66. The fourth-order valence-corrected chi connectivity index (χ4v) is 2.59. The van der Waals surface area contributed by atoms with Crippen molar-refractivity contribution in [2.45, 2.75) is 24.5 Å². The Morgan fingerprint density at radius 2 is 2.05 bits per heavy atom. The molecular formula is C9H13KN2O9P+. The minimum absolute atomic E-state index is 0. The fourth-order valence-electron chi connectivity index (χ4n) is 2.01. The Balaban J connectivity index is 0.00000242. The predicted molar refractivity (Wildman–Crippen MR) is 65.2 cm³/mol. The molecule has 0 saturated carbocycles. The summed E-state index contributed by atoms with van der Waals surface area (Å²) >= 11 is 0. The average Bonchev–Trinajstić information content (AvgIpc) is 2.65. The van der Waals surface area contributed by atoms with E-state index < -0.39 is 50.2 Å². The maximum Gasteiger partial charge on any atom is 1.00 e. The second-order valence-electron chi connectivity index (χ2n) is 4.32. The third-order valence-corrected chi connectivity index (χ3v) is 3.39. The van der Waals surface area contributed by atoms with Crippen molar-refractivity contribution in [1.82, 2.24) is 9.55 Å². The Bertz CT molecular complexity index is 670. The summed E-state index contributed by atoms with van der Waals surface area (Å²) in [7, 11) is -4.94. The van der Waals surface area contributed by atoms with E-state index in [0.29, 0.717) is 0 Å². The van der Waals surface area contributed by atoms with Gasteiger partial charge in [0.2, 0.25) is 0 Å². The van der Waals surface area contributed by atoms with Crippen LogP contribution >= 0.6 is 7.82 Å². The van der Waals surface area contributed by atoms with Crippen molar-refractivity contribution in [3.05, 3.63) is 33.1 Å². The van der Waals surface area contributed by atoms with Gasteiger partial charge in [-0.2, -0.15) is 0 Å². The SMILES string of the molecule is O=c1ccn(C2OC(CO)C(OP(=O)(O)O)C2O)c(=O)[nH]1.[K+]. The van der Waals surface area contributed by atoms with Crippen molar-refractivity contribution in [2.24, 2.45) is 0 Å². The summed E-state index contributed by atoms with van der Waals surface area (Å²) < 4.78 is 21.2. The molecule has 4 atom stereocenters. The first kappa shape index (κ1) is 20.4. The Labute approximate surface area is 165 Å². The Morgan fingerprint density at radius 1 is 1.41 bits per heavy atom. The molecule has 0 bridgehead atoms. The molecule has 1 fully saturated rings. The van der Waals surface area contributed by atoms with E-state index in [-0.39, 0.29) is 51.4 Å². The number of aliphatic hydroxyl groups is 2. The molecule has 4 unspecified atom stereocenters. The van der Waals surface area contributed by atoms with Crippen LogP contribution < -0.4 is 62.6 Å². The number of hydrogen-bond acceptors (Lipinski definition) is 7. The van der Waals surface area contributed by atoms with Crippen LogP contribution in [-0.4, -0.2) is 54.5 Å². The molecule has 2 heterocycles. The summed E-state index contributed by atoms with van der Waals surface area (Å²) in [5.74, 6) is 0. The van der Waals surface area contributed by atoms with Crippen molar-refractivity contribution in [1.29, 1.82) is 0 Å². The number of phosphoric acid groups is 1. The number of rotatable bonds is 4. The van der Waals surface area contributed by atoms with Gasteiger partial charge in [-0.05, 0) is 0 Å². The number of H-pyrrole nitrogens is 1. The molecule has 5 N–H and O–H groups in total. The van der Waals surface area contributed by atoms with E-state index in [1.54, 1.807) is 0 Å². The largest absolute Gasteiger partial charge is 1.00 e. The van der Waals surface area contributed by atoms with Crippen LogP contribution in [0.2, 0.25) is 0 Å². The van der Waals surface area contributed by atoms with Crippen LogP contribution in [0.4, 0.5) is 0 Å². The number of aromatic amines is 1. The molecule has 0 aliphatic carbocycles. The Kier molecular flexibility index (Phi) is 7.33. The van der Waals surface area contributed by atoms with Crippen molar-refractivity contribution in [3.63, 3.8) is 0 Å². The molecule has 1 aromatic heterocycles. The van der Waals surface area contributed by atoms with E-state index >= 15 is 0 Å². The zero-order valence-electron chi connectivity index (χ0n) is 11.4. The first-order chi connectivity index (χ1) is 9.73. The molecule has 2 rings (SSSR count). The van der Waals surface area contributed by atoms with Gasteiger partial charge in [0.1, 0.15) is 18.3 Å². The molecule has 1 aromatic rings. The monoisotopic (exact) mass is 363 g/mol. The number of phosphoric ester groups is 1. The molecule has 22 heavy (non-hydrogen) atoms. The minimum atomic E-state index is -4.94. The number of nitrogens with one attached hydrogen (secondary N) is 1. The Morgan fingerprint density at radius 3 is 2.55 bits per heavy atom. The molecule has 0 radical (unpaired) electrons. The summed E-state index contributed by atoms with van der Waals surface area (Å²) in [5.41, 5.74) is -1.55. The van der Waals surface area contributed by atoms with Gasteiger partial charge in [0, 0.05) is 12.3 Å². The van der Waals surface area contributed by atoms with Crippen molar-refractivity contribution < 1.29 is 85.2 Å². The summed E-state index contributed by atoms with van der Waals surface area (Å²) in [5, 5.41) is 19.1. The van der Waals surface area contributed by atoms with Crippen LogP contribution in [0.15, 0.2) is 21.9 Å². The molecule has 1 aliphatic heterocycles. The Hall–Kier alpha value is 0.306. The van der Waals surface area contributed by atoms with E-state index in [9.17, 15) is 19.3 Å². The molecule has 11 nitrogen and oxygen atoms in total. The van der Waals surface area contributed by atoms with Gasteiger partial charge in [0.05, 0.1) is 6.61 Å². The van der Waals surface area contributed by atoms with Crippen LogP contribution in [0.5, 0.6) is 0 Å². The van der Waals surface area contributed by atoms with Crippen LogP contribution in [0.1, 0.15) is 6.23 Å². The fraction of sp³-hybridized carbons (Fsp3) is 0.556. The topological polar surface area (TPSA) is 171 Å². The maximum atomic E-state index is 11.6. The van der Waals surface area contributed by atoms with Gasteiger partial charge < -0.3 is 24.7 Å². The van der Waals surface area contributed by atoms with Gasteiger partial charge >= 0.3 is 64.9 Å². The minimum Gasteiger partial charge on any atom is -0.394 e. The molecule has 0 aromatic carbocycles. The van der Waals surface area contributed by atoms with E-state index in [4.69, 9.17) is 19.6 Å². The molecule has 0 spiro atoms. The summed E-state index contributed by atoms with van der Waals surface area (Å²) in [6, 6.07) is 1.00. The van der Waals surface area contributed by atoms with Gasteiger partial charge in [0.15, 0.2) is 6.23 Å². The average molecular weight is 363 g/mol. The predicted octanol–water partition coefficient (Wildman–Crippen LogP) is -5.73. The number of aromatic nitrogens is 2. The van der Waals surface area contributed by atoms with E-state index in [2.05, 4.69) is 4.52 Å². The molecule has 0 amide bonds. The normalized spacial score (nSPS) is 28.4. The number of aliphatic hydroxyl groups excluding tert-OH is 2. The van der Waals surface area contributed by atoms with Crippen LogP contribution in [0.3, 0.4) is 0 Å². The summed E-state index contributed by atoms with van der Waals surface area (Å²) in [6.07, 6.45) is -4.76. The van der Waals surface area contributed by atoms with Crippen LogP contribution in [0, 0.1) is 0 Å². The van der Waals surface area contributed by atoms with Crippen molar-refractivity contribution in [2.75, 3.05) is 6.61 Å². The van der Waals surface area contributed by atoms with Crippen LogP contribution in [-0.2, 0) is 13.8 Å². The molecule has 118 valence electrons. The first-order valence-corrected chi connectivity index (χ1v) is 7.26. The second kappa shape index (κ2) is 7.92. The van der Waals surface area contributed by atoms with Gasteiger partial charge in [-0.3, -0.25) is 18.9 Å². The van der Waals surface area contributed by atoms with E-state index in [1.165, 1.54) is 0 Å². The first-order valence-electron chi connectivity index (χ1n) is 5.73. The number of hydrogen-bond donors (Lipinski definition) is 5. The standard InChI is InChI=1S/C9H13N2O9P.K/c12-3-4-7(20-21(16,17)18)6(14)8(19-4)11-2-1-5(13)10-9(11)15;/h1-2,4,6-8,12,14H,3H2,(H,10,13,15)(H2,16,17,18);/q;+1. The smallest absolute Gasteiger partial charge is 0.394 e. The second-order valence-corrected chi connectivity index (χ2v) is 5.51. The number of ether oxygens (including phenoxy) is 1. The van der Waals surface area contributed by atoms with Gasteiger partial charge in [-0.1, -0.05) is 0 Å². The van der Waals surface area contributed by atoms with Gasteiger partial charge in [-0.15, -0.1) is 0 Å². The van der Waals surface area contributed by atoms with Crippen molar-refractivity contribution in [3.8, 4) is 0 Å². The third-order valence-electron chi connectivity index (χ3n) is 2.87. The van der Waals surface area contributed by atoms with Gasteiger partial charge in [-0.25, -0.2) is 9.36 Å². The van der Waals surface area contributed by atoms with Gasteiger partial charge in [0.25, 0.3) is 5.56 Å². The zero-order valence-corrected chi connectivity index (χ0v) is 15.4. The molecular weight excluding hydrogens is 350 g/mol. The summed E-state index contributed by atoms with van der Waals surface area (Å²) in [4.78, 5) is 42.1. The van der Waals surface area contributed by atoms with E-state index in [0.717, 1.165) is 16.8 Å². The zero-order chi connectivity index (χ0) is 15.8. The quantitative estimate of drug-likeness (QED) is 0.258. The van der Waals surface area contributed by atoms with Crippen LogP contribution in [0.25, 0.3) is 0 Å². The molecule has 1 saturated heterocycles. The molecule has 1 aliphatic rings. The summed E-state index contributed by atoms with van der Waals surface area (Å²) in [6.45, 7) is -0.698. The number of nitrogens with zero attached hydrogens (tertiary/aromatic N) is 1. The van der Waals surface area contributed by atoms with E-state index in [1.807, 2.05) is 4.98 Å². The molecule has 13 heteroatoms.